The maximum atomic E-state index is 12.8. The van der Waals surface area contributed by atoms with Crippen LogP contribution in [-0.2, 0) is 48.4 Å². The molecule has 13 nitrogen and oxygen atoms in total. The summed E-state index contributed by atoms with van der Waals surface area (Å²) in [4.78, 5) is 47.2. The number of phosphoric ester groups is 1. The third kappa shape index (κ3) is 8.95. The number of alkyl carbamates (subject to hydrolysis) is 1. The van der Waals surface area contributed by atoms with Crippen molar-refractivity contribution in [3.05, 3.63) is 35.9 Å². The van der Waals surface area contributed by atoms with Gasteiger partial charge in [0.05, 0.1) is 20.1 Å². The molecule has 1 aromatic carbocycles. The van der Waals surface area contributed by atoms with Crippen molar-refractivity contribution in [3.8, 4) is 0 Å². The van der Waals surface area contributed by atoms with Gasteiger partial charge in [-0.05, 0) is 5.56 Å². The van der Waals surface area contributed by atoms with Gasteiger partial charge in [0.1, 0.15) is 6.04 Å². The highest BCUT2D eigenvalue weighted by Gasteiger charge is 2.49. The smallest absolute Gasteiger partial charge is 0.478 e. The summed E-state index contributed by atoms with van der Waals surface area (Å²) in [5.41, 5.74) is -0.208. The number of esters is 1. The van der Waals surface area contributed by atoms with Crippen LogP contribution < -0.4 is 10.6 Å². The number of carbonyl (C=O) groups excluding carboxylic acids is 3. The van der Waals surface area contributed by atoms with Crippen molar-refractivity contribution in [2.24, 2.45) is 5.41 Å². The molecule has 2 amide bonds. The predicted molar refractivity (Wildman–Crippen MR) is 119 cm³/mol. The molecule has 35 heavy (non-hydrogen) atoms. The van der Waals surface area contributed by atoms with Gasteiger partial charge in [0, 0.05) is 18.4 Å². The molecular formula is C21H29N2O11P. The van der Waals surface area contributed by atoms with E-state index in [4.69, 9.17) is 18.3 Å². The monoisotopic (exact) mass is 516 g/mol. The fraction of sp³-hybridized carbons (Fsp3) is 0.524. The molecule has 3 atom stereocenters. The molecule has 0 bridgehead atoms. The second-order valence-electron chi connectivity index (χ2n) is 8.22. The Morgan fingerprint density at radius 2 is 1.91 bits per heavy atom. The quantitative estimate of drug-likeness (QED) is 0.221. The summed E-state index contributed by atoms with van der Waals surface area (Å²) in [5, 5.41) is 14.0. The molecule has 1 aliphatic heterocycles. The summed E-state index contributed by atoms with van der Waals surface area (Å²) >= 11 is 0. The number of aliphatic carboxylic acids is 1. The fourth-order valence-corrected chi connectivity index (χ4v) is 4.46. The molecule has 0 aliphatic carbocycles. The summed E-state index contributed by atoms with van der Waals surface area (Å²) in [7, 11) is -3.08. The summed E-state index contributed by atoms with van der Waals surface area (Å²) < 4.78 is 37.5. The van der Waals surface area contributed by atoms with Gasteiger partial charge in [0.25, 0.3) is 0 Å². The van der Waals surface area contributed by atoms with E-state index in [9.17, 15) is 28.8 Å². The summed E-state index contributed by atoms with van der Waals surface area (Å²) in [6, 6.07) is 7.37. The second kappa shape index (κ2) is 12.6. The van der Waals surface area contributed by atoms with Crippen molar-refractivity contribution in [2.45, 2.75) is 38.8 Å². The number of carbonyl (C=O) groups is 4. The van der Waals surface area contributed by atoms with E-state index in [0.29, 0.717) is 5.56 Å². The van der Waals surface area contributed by atoms with Crippen LogP contribution in [-0.4, -0.2) is 68.2 Å². The van der Waals surface area contributed by atoms with Crippen LogP contribution in [0.4, 0.5) is 4.79 Å². The molecule has 0 spiro atoms. The fourth-order valence-electron chi connectivity index (χ4n) is 2.95. The SMILES string of the molecule is COC(=O)CCNC(=O)[C@@H]1OP(=O)(OCOC(=O)N[C@@H](Cc2ccccc2)C(=O)O)OCC1(C)C. The highest BCUT2D eigenvalue weighted by atomic mass is 31.2. The first-order valence-electron chi connectivity index (χ1n) is 10.6. The Kier molecular flexibility index (Phi) is 10.2. The van der Waals surface area contributed by atoms with Crippen LogP contribution in [0, 0.1) is 5.41 Å². The van der Waals surface area contributed by atoms with E-state index in [1.807, 2.05) is 0 Å². The number of hydrogen-bond acceptors (Lipinski definition) is 10. The van der Waals surface area contributed by atoms with E-state index < -0.39 is 56.1 Å². The van der Waals surface area contributed by atoms with Gasteiger partial charge >= 0.3 is 25.9 Å². The lowest BCUT2D eigenvalue weighted by molar-refractivity contribution is -0.144. The first-order chi connectivity index (χ1) is 16.5. The zero-order valence-electron chi connectivity index (χ0n) is 19.6. The molecule has 1 unspecified atom stereocenters. The topological polar surface area (TPSA) is 176 Å². The summed E-state index contributed by atoms with van der Waals surface area (Å²) in [5.74, 6) is -2.44. The Bertz CT molecular complexity index is 954. The van der Waals surface area contributed by atoms with Gasteiger partial charge in [-0.2, -0.15) is 0 Å². The van der Waals surface area contributed by atoms with Gasteiger partial charge in [0.15, 0.2) is 6.10 Å². The molecule has 0 saturated carbocycles. The van der Waals surface area contributed by atoms with E-state index >= 15 is 0 Å². The lowest BCUT2D eigenvalue weighted by Crippen LogP contribution is -2.50. The number of ether oxygens (including phenoxy) is 2. The Morgan fingerprint density at radius 1 is 1.23 bits per heavy atom. The van der Waals surface area contributed by atoms with Crippen LogP contribution in [0.2, 0.25) is 0 Å². The maximum Gasteiger partial charge on any atom is 0.478 e. The third-order valence-electron chi connectivity index (χ3n) is 4.91. The maximum absolute atomic E-state index is 12.8. The number of rotatable bonds is 11. The van der Waals surface area contributed by atoms with E-state index in [2.05, 4.69) is 15.4 Å². The van der Waals surface area contributed by atoms with Crippen molar-refractivity contribution in [1.82, 2.24) is 10.6 Å². The van der Waals surface area contributed by atoms with E-state index in [1.54, 1.807) is 44.2 Å². The van der Waals surface area contributed by atoms with Gasteiger partial charge in [0.2, 0.25) is 12.7 Å². The minimum absolute atomic E-state index is 0.0126. The van der Waals surface area contributed by atoms with Gasteiger partial charge in [-0.3, -0.25) is 18.6 Å². The summed E-state index contributed by atoms with van der Waals surface area (Å²) in [6.07, 6.45) is -2.44. The normalized spacial score (nSPS) is 21.9. The van der Waals surface area contributed by atoms with Crippen molar-refractivity contribution in [1.29, 1.82) is 0 Å². The van der Waals surface area contributed by atoms with Crippen LogP contribution in [0.15, 0.2) is 30.3 Å². The standard InChI is InChI=1S/C21H29N2O11P/c1-21(2)12-32-35(29,34-17(21)18(25)22-10-9-16(24)30-3)33-13-31-20(28)23-15(19(26)27)11-14-7-5-4-6-8-14/h4-8,15,17H,9-13H2,1-3H3,(H,22,25)(H,23,28)(H,26,27)/t15-,17-,35?/m0/s1. The molecule has 0 aromatic heterocycles. The minimum atomic E-state index is -4.30. The number of methoxy groups -OCH3 is 1. The van der Waals surface area contributed by atoms with Crippen molar-refractivity contribution in [3.63, 3.8) is 0 Å². The number of amides is 2. The number of carboxylic acid groups (broad SMARTS) is 1. The molecular weight excluding hydrogens is 487 g/mol. The average molecular weight is 516 g/mol. The van der Waals surface area contributed by atoms with Gasteiger partial charge < -0.3 is 25.2 Å². The molecule has 1 aliphatic rings. The Hall–Kier alpha value is -2.99. The molecule has 1 saturated heterocycles. The second-order valence-corrected chi connectivity index (χ2v) is 9.84. The highest BCUT2D eigenvalue weighted by Crippen LogP contribution is 2.57. The molecule has 3 N–H and O–H groups in total. The first-order valence-corrected chi connectivity index (χ1v) is 12.0. The molecule has 1 fully saturated rings. The largest absolute Gasteiger partial charge is 0.480 e. The zero-order chi connectivity index (χ0) is 26.1. The minimum Gasteiger partial charge on any atom is -0.480 e. The number of hydrogen-bond donors (Lipinski definition) is 3. The predicted octanol–water partition coefficient (Wildman–Crippen LogP) is 1.61. The Morgan fingerprint density at radius 3 is 2.54 bits per heavy atom. The van der Waals surface area contributed by atoms with Crippen LogP contribution in [0.5, 0.6) is 0 Å². The van der Waals surface area contributed by atoms with Crippen LogP contribution in [0.25, 0.3) is 0 Å². The highest BCUT2D eigenvalue weighted by molar-refractivity contribution is 7.48. The van der Waals surface area contributed by atoms with Gasteiger partial charge in [-0.25, -0.2) is 18.7 Å². The van der Waals surface area contributed by atoms with Crippen molar-refractivity contribution >= 4 is 31.8 Å². The van der Waals surface area contributed by atoms with Crippen LogP contribution >= 0.6 is 7.82 Å². The van der Waals surface area contributed by atoms with E-state index in [1.165, 1.54) is 7.11 Å². The molecule has 14 heteroatoms. The Labute approximate surface area is 202 Å². The lowest BCUT2D eigenvalue weighted by atomic mass is 9.87. The number of carboxylic acids is 1. The summed E-state index contributed by atoms with van der Waals surface area (Å²) in [6.45, 7) is 2.19. The van der Waals surface area contributed by atoms with Crippen molar-refractivity contribution in [2.75, 3.05) is 27.1 Å². The number of phosphoric acid groups is 1. The third-order valence-corrected chi connectivity index (χ3v) is 6.24. The first kappa shape index (κ1) is 28.2. The average Bonchev–Trinajstić information content (AvgIpc) is 2.81. The Balaban J connectivity index is 1.87. The molecule has 1 aromatic rings. The van der Waals surface area contributed by atoms with E-state index in [-0.39, 0.29) is 26.0 Å². The van der Waals surface area contributed by atoms with Crippen molar-refractivity contribution < 1.29 is 51.9 Å². The zero-order valence-corrected chi connectivity index (χ0v) is 20.4. The molecule has 0 radical (unpaired) electrons. The lowest BCUT2D eigenvalue weighted by Gasteiger charge is -2.39. The number of nitrogens with one attached hydrogen (secondary N) is 2. The van der Waals surface area contributed by atoms with Gasteiger partial charge in [-0.1, -0.05) is 44.2 Å². The number of benzene rings is 1. The van der Waals surface area contributed by atoms with Gasteiger partial charge in [-0.15, -0.1) is 0 Å². The van der Waals surface area contributed by atoms with Crippen LogP contribution in [0.1, 0.15) is 25.8 Å². The molecule has 1 heterocycles. The molecule has 2 rings (SSSR count). The molecule has 194 valence electrons. The van der Waals surface area contributed by atoms with E-state index in [0.717, 1.165) is 0 Å². The van der Waals surface area contributed by atoms with Crippen LogP contribution in [0.3, 0.4) is 0 Å².